The standard InChI is InChI=1S/C27H26ClNO5/c1-16(30)22-14-17(10-11-24(22)28)26(32)25(31)12-13-29-27(33)34-15-23-20-8-4-2-6-18(20)19-7-3-5-9-21(19)23/h2-11,14,23,25-26,31-32H,12-13,15H2,1H3,(H,29,33). The van der Waals surface area contributed by atoms with Crippen molar-refractivity contribution in [1.29, 1.82) is 0 Å². The van der Waals surface area contributed by atoms with Crippen LogP contribution in [0.15, 0.2) is 66.7 Å². The maximum Gasteiger partial charge on any atom is 0.407 e. The van der Waals surface area contributed by atoms with Crippen LogP contribution >= 0.6 is 11.6 Å². The lowest BCUT2D eigenvalue weighted by Crippen LogP contribution is -2.30. The van der Waals surface area contributed by atoms with Crippen molar-refractivity contribution >= 4 is 23.5 Å². The molecule has 176 valence electrons. The lowest BCUT2D eigenvalue weighted by Gasteiger charge is -2.19. The average Bonchev–Trinajstić information content (AvgIpc) is 3.16. The van der Waals surface area contributed by atoms with Crippen LogP contribution in [0.5, 0.6) is 0 Å². The van der Waals surface area contributed by atoms with E-state index in [1.807, 2.05) is 36.4 Å². The van der Waals surface area contributed by atoms with Gasteiger partial charge in [-0.15, -0.1) is 0 Å². The molecule has 1 aliphatic carbocycles. The van der Waals surface area contributed by atoms with Crippen LogP contribution in [0.2, 0.25) is 5.02 Å². The Hall–Kier alpha value is -3.19. The number of alkyl carbamates (subject to hydrolysis) is 1. The number of carbonyl (C=O) groups is 2. The summed E-state index contributed by atoms with van der Waals surface area (Å²) in [6.07, 6.45) is -2.85. The Morgan fingerprint density at radius 3 is 2.24 bits per heavy atom. The maximum atomic E-state index is 12.3. The highest BCUT2D eigenvalue weighted by atomic mass is 35.5. The highest BCUT2D eigenvalue weighted by Crippen LogP contribution is 2.44. The molecule has 7 heteroatoms. The predicted octanol–water partition coefficient (Wildman–Crippen LogP) is 4.87. The third-order valence-electron chi connectivity index (χ3n) is 6.13. The van der Waals surface area contributed by atoms with Crippen molar-refractivity contribution in [3.05, 3.63) is 94.0 Å². The first-order chi connectivity index (χ1) is 16.4. The molecule has 0 saturated carbocycles. The van der Waals surface area contributed by atoms with Gasteiger partial charge in [0.15, 0.2) is 5.78 Å². The number of halogens is 1. The number of nitrogens with one attached hydrogen (secondary N) is 1. The molecular weight excluding hydrogens is 454 g/mol. The van der Waals surface area contributed by atoms with E-state index in [9.17, 15) is 19.8 Å². The van der Waals surface area contributed by atoms with Crippen LogP contribution in [0.3, 0.4) is 0 Å². The molecule has 0 fully saturated rings. The van der Waals surface area contributed by atoms with E-state index in [1.54, 1.807) is 6.07 Å². The number of benzene rings is 3. The number of amides is 1. The number of ether oxygens (including phenoxy) is 1. The molecule has 3 N–H and O–H groups in total. The number of rotatable bonds is 8. The number of aliphatic hydroxyl groups excluding tert-OH is 2. The minimum atomic E-state index is -1.22. The van der Waals surface area contributed by atoms with E-state index >= 15 is 0 Å². The summed E-state index contributed by atoms with van der Waals surface area (Å²) in [7, 11) is 0. The van der Waals surface area contributed by atoms with Gasteiger partial charge in [-0.3, -0.25) is 4.79 Å². The third-order valence-corrected chi connectivity index (χ3v) is 6.46. The summed E-state index contributed by atoms with van der Waals surface area (Å²) in [6, 6.07) is 20.7. The zero-order chi connectivity index (χ0) is 24.2. The SMILES string of the molecule is CC(=O)c1cc(C(O)C(O)CCNC(=O)OCC2c3ccccc3-c3ccccc32)ccc1Cl. The van der Waals surface area contributed by atoms with Gasteiger partial charge >= 0.3 is 6.09 Å². The number of fused-ring (bicyclic) bond motifs is 3. The van der Waals surface area contributed by atoms with Crippen molar-refractivity contribution in [2.24, 2.45) is 0 Å². The van der Waals surface area contributed by atoms with E-state index in [-0.39, 0.29) is 41.9 Å². The van der Waals surface area contributed by atoms with Gasteiger partial charge in [0.25, 0.3) is 0 Å². The van der Waals surface area contributed by atoms with Crippen molar-refractivity contribution in [3.63, 3.8) is 0 Å². The molecule has 0 spiro atoms. The van der Waals surface area contributed by atoms with E-state index in [2.05, 4.69) is 17.4 Å². The number of carbonyl (C=O) groups excluding carboxylic acids is 2. The zero-order valence-electron chi connectivity index (χ0n) is 18.7. The monoisotopic (exact) mass is 479 g/mol. The quantitative estimate of drug-likeness (QED) is 0.401. The molecule has 2 atom stereocenters. The van der Waals surface area contributed by atoms with Crippen LogP contribution in [0, 0.1) is 0 Å². The van der Waals surface area contributed by atoms with Crippen LogP contribution in [-0.2, 0) is 4.74 Å². The van der Waals surface area contributed by atoms with Crippen LogP contribution < -0.4 is 5.32 Å². The summed E-state index contributed by atoms with van der Waals surface area (Å²) in [5, 5.41) is 23.7. The Balaban J connectivity index is 1.29. The molecule has 0 aromatic heterocycles. The minimum absolute atomic E-state index is 0.0362. The first-order valence-corrected chi connectivity index (χ1v) is 11.5. The van der Waals surface area contributed by atoms with Gasteiger partial charge < -0.3 is 20.3 Å². The van der Waals surface area contributed by atoms with Gasteiger partial charge in [0.2, 0.25) is 0 Å². The van der Waals surface area contributed by atoms with E-state index in [0.29, 0.717) is 5.56 Å². The van der Waals surface area contributed by atoms with Crippen LogP contribution in [0.25, 0.3) is 11.1 Å². The number of hydrogen-bond acceptors (Lipinski definition) is 5. The van der Waals surface area contributed by atoms with Crippen molar-refractivity contribution < 1.29 is 24.5 Å². The van der Waals surface area contributed by atoms with Crippen molar-refractivity contribution in [2.45, 2.75) is 31.5 Å². The van der Waals surface area contributed by atoms with Crippen LogP contribution in [0.4, 0.5) is 4.79 Å². The molecule has 2 unspecified atom stereocenters. The topological polar surface area (TPSA) is 95.9 Å². The zero-order valence-corrected chi connectivity index (χ0v) is 19.5. The summed E-state index contributed by atoms with van der Waals surface area (Å²) >= 11 is 6.00. The lowest BCUT2D eigenvalue weighted by molar-refractivity contribution is 0.0136. The second-order valence-corrected chi connectivity index (χ2v) is 8.76. The van der Waals surface area contributed by atoms with Crippen molar-refractivity contribution in [1.82, 2.24) is 5.32 Å². The Morgan fingerprint density at radius 1 is 1.00 bits per heavy atom. The van der Waals surface area contributed by atoms with Gasteiger partial charge in [0.05, 0.1) is 11.1 Å². The van der Waals surface area contributed by atoms with Crippen LogP contribution in [0.1, 0.15) is 52.4 Å². The van der Waals surface area contributed by atoms with E-state index in [4.69, 9.17) is 16.3 Å². The molecule has 1 amide bonds. The molecule has 0 bridgehead atoms. The fraction of sp³-hybridized carbons (Fsp3) is 0.259. The smallest absolute Gasteiger partial charge is 0.407 e. The Morgan fingerprint density at radius 2 is 1.62 bits per heavy atom. The largest absolute Gasteiger partial charge is 0.449 e. The number of Topliss-reactive ketones (excluding diaryl/α,β-unsaturated/α-hetero) is 1. The first kappa shape index (κ1) is 24.0. The van der Waals surface area contributed by atoms with Crippen molar-refractivity contribution in [2.75, 3.05) is 13.2 Å². The molecule has 6 nitrogen and oxygen atoms in total. The molecule has 0 radical (unpaired) electrons. The molecular formula is C27H26ClNO5. The first-order valence-electron chi connectivity index (χ1n) is 11.1. The van der Waals surface area contributed by atoms with Gasteiger partial charge in [-0.25, -0.2) is 4.79 Å². The summed E-state index contributed by atoms with van der Waals surface area (Å²) in [5.74, 6) is -0.267. The van der Waals surface area contributed by atoms with Gasteiger partial charge in [0.1, 0.15) is 12.7 Å². The summed E-state index contributed by atoms with van der Waals surface area (Å²) in [5.41, 5.74) is 5.22. The fourth-order valence-corrected chi connectivity index (χ4v) is 4.60. The van der Waals surface area contributed by atoms with Gasteiger partial charge in [0, 0.05) is 18.0 Å². The Labute approximate surface area is 203 Å². The van der Waals surface area contributed by atoms with Crippen molar-refractivity contribution in [3.8, 4) is 11.1 Å². The van der Waals surface area contributed by atoms with E-state index in [1.165, 1.54) is 19.1 Å². The predicted molar refractivity (Wildman–Crippen MR) is 130 cm³/mol. The molecule has 34 heavy (non-hydrogen) atoms. The Kier molecular flexibility index (Phi) is 7.32. The molecule has 0 heterocycles. The van der Waals surface area contributed by atoms with Gasteiger partial charge in [-0.05, 0) is 53.3 Å². The fourth-order valence-electron chi connectivity index (χ4n) is 4.35. The molecule has 3 aromatic rings. The number of ketones is 1. The van der Waals surface area contributed by atoms with E-state index < -0.39 is 18.3 Å². The highest BCUT2D eigenvalue weighted by molar-refractivity contribution is 6.33. The number of aliphatic hydroxyl groups is 2. The Bertz CT molecular complexity index is 1170. The normalized spacial score (nSPS) is 14.1. The minimum Gasteiger partial charge on any atom is -0.449 e. The summed E-state index contributed by atoms with van der Waals surface area (Å²) in [6.45, 7) is 1.69. The second-order valence-electron chi connectivity index (χ2n) is 8.35. The molecule has 1 aliphatic rings. The molecule has 4 rings (SSSR count). The molecule has 0 aliphatic heterocycles. The molecule has 0 saturated heterocycles. The third kappa shape index (κ3) is 4.99. The lowest BCUT2D eigenvalue weighted by atomic mass is 9.98. The van der Waals surface area contributed by atoms with Gasteiger partial charge in [-0.1, -0.05) is 66.2 Å². The molecule has 3 aromatic carbocycles. The maximum absolute atomic E-state index is 12.3. The highest BCUT2D eigenvalue weighted by Gasteiger charge is 2.29. The van der Waals surface area contributed by atoms with Gasteiger partial charge in [-0.2, -0.15) is 0 Å². The van der Waals surface area contributed by atoms with Crippen LogP contribution in [-0.4, -0.2) is 41.3 Å². The second kappa shape index (κ2) is 10.4. The summed E-state index contributed by atoms with van der Waals surface area (Å²) < 4.78 is 5.48. The average molecular weight is 480 g/mol. The van der Waals surface area contributed by atoms with E-state index in [0.717, 1.165) is 22.3 Å². The number of hydrogen-bond donors (Lipinski definition) is 3. The summed E-state index contributed by atoms with van der Waals surface area (Å²) in [4.78, 5) is 23.9.